The van der Waals surface area contributed by atoms with Crippen molar-refractivity contribution >= 4 is 17.0 Å². The fourth-order valence-corrected chi connectivity index (χ4v) is 5.17. The van der Waals surface area contributed by atoms with E-state index in [0.717, 1.165) is 61.1 Å². The van der Waals surface area contributed by atoms with Gasteiger partial charge in [0.05, 0.1) is 28.9 Å². The highest BCUT2D eigenvalue weighted by Crippen LogP contribution is 2.47. The van der Waals surface area contributed by atoms with Crippen LogP contribution in [0.1, 0.15) is 53.3 Å². The second-order valence-corrected chi connectivity index (χ2v) is 8.15. The van der Waals surface area contributed by atoms with E-state index in [2.05, 4.69) is 10.1 Å². The Morgan fingerprint density at radius 2 is 1.88 bits per heavy atom. The minimum atomic E-state index is 0.106. The summed E-state index contributed by atoms with van der Waals surface area (Å²) in [6.07, 6.45) is 5.34. The molecule has 1 aliphatic carbocycles. The molecule has 4 fully saturated rings. The SMILES string of the molecule is Cc1noc2nc(C3CC3)cc(C(=O)N3C[C@@H]4[C@H](C3)[C@H]3CC[C@@H]4O3)c12. The Hall–Kier alpha value is -1.95. The molecule has 4 atom stereocenters. The van der Waals surface area contributed by atoms with Crippen molar-refractivity contribution in [1.29, 1.82) is 0 Å². The minimum absolute atomic E-state index is 0.106. The molecule has 6 heteroatoms. The lowest BCUT2D eigenvalue weighted by atomic mass is 9.82. The monoisotopic (exact) mass is 339 g/mol. The van der Waals surface area contributed by atoms with Gasteiger partial charge in [0.15, 0.2) is 0 Å². The lowest BCUT2D eigenvalue weighted by molar-refractivity contribution is 0.0595. The molecular weight excluding hydrogens is 318 g/mol. The quantitative estimate of drug-likeness (QED) is 0.841. The maximum Gasteiger partial charge on any atom is 0.259 e. The first-order valence-corrected chi connectivity index (χ1v) is 9.40. The topological polar surface area (TPSA) is 68.5 Å². The number of hydrogen-bond acceptors (Lipinski definition) is 5. The number of likely N-dealkylation sites (tertiary alicyclic amines) is 1. The zero-order valence-electron chi connectivity index (χ0n) is 14.3. The van der Waals surface area contributed by atoms with Crippen LogP contribution in [0.4, 0.5) is 0 Å². The van der Waals surface area contributed by atoms with E-state index in [4.69, 9.17) is 9.26 Å². The van der Waals surface area contributed by atoms with Gasteiger partial charge in [-0.2, -0.15) is 0 Å². The average molecular weight is 339 g/mol. The summed E-state index contributed by atoms with van der Waals surface area (Å²) >= 11 is 0. The average Bonchev–Trinajstić information content (AvgIpc) is 2.99. The van der Waals surface area contributed by atoms with Gasteiger partial charge in [0, 0.05) is 36.5 Å². The molecule has 130 valence electrons. The molecule has 3 saturated heterocycles. The molecular formula is C19H21N3O3. The summed E-state index contributed by atoms with van der Waals surface area (Å²) in [5, 5.41) is 4.83. The maximum atomic E-state index is 13.4. The van der Waals surface area contributed by atoms with Crippen molar-refractivity contribution in [2.75, 3.05) is 13.1 Å². The highest BCUT2D eigenvalue weighted by molar-refractivity contribution is 6.06. The summed E-state index contributed by atoms with van der Waals surface area (Å²) in [4.78, 5) is 20.0. The van der Waals surface area contributed by atoms with Crippen molar-refractivity contribution in [3.05, 3.63) is 23.0 Å². The number of amides is 1. The predicted molar refractivity (Wildman–Crippen MR) is 89.3 cm³/mol. The Bertz CT molecular complexity index is 869. The second kappa shape index (κ2) is 4.81. The molecule has 2 bridgehead atoms. The summed E-state index contributed by atoms with van der Waals surface area (Å²) in [5.74, 6) is 1.62. The Balaban J connectivity index is 1.38. The number of pyridine rings is 1. The summed E-state index contributed by atoms with van der Waals surface area (Å²) in [7, 11) is 0. The Morgan fingerprint density at radius 1 is 1.16 bits per heavy atom. The van der Waals surface area contributed by atoms with Gasteiger partial charge >= 0.3 is 0 Å². The first-order chi connectivity index (χ1) is 12.2. The van der Waals surface area contributed by atoms with E-state index in [1.807, 2.05) is 17.9 Å². The maximum absolute atomic E-state index is 13.4. The van der Waals surface area contributed by atoms with E-state index in [1.54, 1.807) is 0 Å². The van der Waals surface area contributed by atoms with E-state index in [-0.39, 0.29) is 5.91 Å². The van der Waals surface area contributed by atoms with Crippen molar-refractivity contribution in [2.45, 2.75) is 50.7 Å². The molecule has 5 heterocycles. The van der Waals surface area contributed by atoms with Crippen LogP contribution in [0.3, 0.4) is 0 Å². The summed E-state index contributed by atoms with van der Waals surface area (Å²) < 4.78 is 11.4. The van der Waals surface area contributed by atoms with Crippen molar-refractivity contribution in [3.8, 4) is 0 Å². The molecule has 1 amide bonds. The molecule has 1 saturated carbocycles. The van der Waals surface area contributed by atoms with Crippen LogP contribution in [0.25, 0.3) is 11.1 Å². The van der Waals surface area contributed by atoms with E-state index in [0.29, 0.717) is 35.7 Å². The molecule has 6 nitrogen and oxygen atoms in total. The van der Waals surface area contributed by atoms with Crippen molar-refractivity contribution < 1.29 is 14.1 Å². The fourth-order valence-electron chi connectivity index (χ4n) is 5.17. The first-order valence-electron chi connectivity index (χ1n) is 9.40. The third kappa shape index (κ3) is 1.97. The lowest BCUT2D eigenvalue weighted by Crippen LogP contribution is -2.31. The number of ether oxygens (including phenoxy) is 1. The number of fused-ring (bicyclic) bond motifs is 6. The van der Waals surface area contributed by atoms with Gasteiger partial charge in [-0.3, -0.25) is 4.79 Å². The normalized spacial score (nSPS) is 33.4. The van der Waals surface area contributed by atoms with Gasteiger partial charge in [-0.25, -0.2) is 4.98 Å². The molecule has 6 rings (SSSR count). The molecule has 0 N–H and O–H groups in total. The smallest absolute Gasteiger partial charge is 0.259 e. The minimum Gasteiger partial charge on any atom is -0.374 e. The van der Waals surface area contributed by atoms with Crippen LogP contribution >= 0.6 is 0 Å². The summed E-state index contributed by atoms with van der Waals surface area (Å²) in [6, 6.07) is 1.99. The van der Waals surface area contributed by atoms with E-state index in [9.17, 15) is 4.79 Å². The van der Waals surface area contributed by atoms with Crippen molar-refractivity contribution in [3.63, 3.8) is 0 Å². The van der Waals surface area contributed by atoms with Gasteiger partial charge in [-0.15, -0.1) is 0 Å². The standard InChI is InChI=1S/C19H21N3O3/c1-9-17-11(6-14(10-2-3-10)20-18(17)25-21-9)19(23)22-7-12-13(8-22)16-5-4-15(12)24-16/h6,10,12-13,15-16H,2-5,7-8H2,1H3/t12-,13+,15+,16-. The summed E-state index contributed by atoms with van der Waals surface area (Å²) in [5.41, 5.74) is 2.96. The molecule has 2 aromatic rings. The Labute approximate surface area is 145 Å². The van der Waals surface area contributed by atoms with Crippen molar-refractivity contribution in [2.24, 2.45) is 11.8 Å². The number of carbonyl (C=O) groups excluding carboxylic acids is 1. The predicted octanol–water partition coefficient (Wildman–Crippen LogP) is 2.66. The van der Waals surface area contributed by atoms with Crippen molar-refractivity contribution in [1.82, 2.24) is 15.0 Å². The molecule has 3 aliphatic heterocycles. The highest BCUT2D eigenvalue weighted by atomic mass is 16.5. The van der Waals surface area contributed by atoms with Crippen LogP contribution in [0.2, 0.25) is 0 Å². The van der Waals surface area contributed by atoms with Crippen LogP contribution in [0, 0.1) is 18.8 Å². The van der Waals surface area contributed by atoms with E-state index in [1.165, 1.54) is 0 Å². The largest absolute Gasteiger partial charge is 0.374 e. The van der Waals surface area contributed by atoms with Crippen LogP contribution in [0.15, 0.2) is 10.6 Å². The van der Waals surface area contributed by atoms with Gasteiger partial charge in [0.25, 0.3) is 11.6 Å². The number of hydrogen-bond donors (Lipinski definition) is 0. The number of aromatic nitrogens is 2. The molecule has 2 aromatic heterocycles. The fraction of sp³-hybridized carbons (Fsp3) is 0.632. The number of rotatable bonds is 2. The molecule has 25 heavy (non-hydrogen) atoms. The van der Waals surface area contributed by atoms with Crippen LogP contribution < -0.4 is 0 Å². The molecule has 0 aromatic carbocycles. The molecule has 4 aliphatic rings. The van der Waals surface area contributed by atoms with Gasteiger partial charge < -0.3 is 14.2 Å². The zero-order valence-corrected chi connectivity index (χ0v) is 14.3. The lowest BCUT2D eigenvalue weighted by Gasteiger charge is -2.19. The van der Waals surface area contributed by atoms with Gasteiger partial charge in [0.2, 0.25) is 0 Å². The number of nitrogens with zero attached hydrogens (tertiary/aromatic N) is 3. The Morgan fingerprint density at radius 3 is 2.56 bits per heavy atom. The van der Waals surface area contributed by atoms with E-state index < -0.39 is 0 Å². The van der Waals surface area contributed by atoms with Crippen LogP contribution in [0.5, 0.6) is 0 Å². The van der Waals surface area contributed by atoms with E-state index >= 15 is 0 Å². The first kappa shape index (κ1) is 14.2. The number of carbonyl (C=O) groups is 1. The molecule has 0 unspecified atom stereocenters. The summed E-state index contributed by atoms with van der Waals surface area (Å²) in [6.45, 7) is 3.52. The van der Waals surface area contributed by atoms with Crippen LogP contribution in [-0.2, 0) is 4.74 Å². The third-order valence-electron chi connectivity index (χ3n) is 6.60. The van der Waals surface area contributed by atoms with Gasteiger partial charge in [0.1, 0.15) is 0 Å². The highest BCUT2D eigenvalue weighted by Gasteiger charge is 2.54. The third-order valence-corrected chi connectivity index (χ3v) is 6.60. The van der Waals surface area contributed by atoms with Crippen LogP contribution in [-0.4, -0.2) is 46.2 Å². The van der Waals surface area contributed by atoms with Gasteiger partial charge in [-0.05, 0) is 38.7 Å². The molecule has 0 spiro atoms. The Kier molecular flexibility index (Phi) is 2.74. The zero-order chi connectivity index (χ0) is 16.7. The number of aryl methyl sites for hydroxylation is 1. The van der Waals surface area contributed by atoms with Gasteiger partial charge in [-0.1, -0.05) is 5.16 Å². The molecule has 0 radical (unpaired) electrons. The second-order valence-electron chi connectivity index (χ2n) is 8.15.